The van der Waals surface area contributed by atoms with Crippen LogP contribution in [0.3, 0.4) is 0 Å². The van der Waals surface area contributed by atoms with Crippen LogP contribution in [-0.2, 0) is 0 Å². The van der Waals surface area contributed by atoms with Crippen molar-refractivity contribution in [2.45, 2.75) is 6.92 Å². The smallest absolute Gasteiger partial charge is 0.128 e. The SMILES string of the molecule is COc1ccccc1C(=N)c1cccc(C)c1-c1ccc2nc(N)ccc2c1. The quantitative estimate of drug-likeness (QED) is 0.486. The molecule has 138 valence electrons. The first-order valence-corrected chi connectivity index (χ1v) is 9.07. The summed E-state index contributed by atoms with van der Waals surface area (Å²) in [5.41, 5.74) is 11.9. The van der Waals surface area contributed by atoms with E-state index < -0.39 is 0 Å². The number of nitrogens with one attached hydrogen (secondary N) is 1. The number of fused-ring (bicyclic) bond motifs is 1. The lowest BCUT2D eigenvalue weighted by Gasteiger charge is -2.16. The van der Waals surface area contributed by atoms with E-state index in [0.717, 1.165) is 38.7 Å². The first-order valence-electron chi connectivity index (χ1n) is 9.07. The highest BCUT2D eigenvalue weighted by Gasteiger charge is 2.17. The number of methoxy groups -OCH3 is 1. The predicted octanol–water partition coefficient (Wildman–Crippen LogP) is 5.22. The van der Waals surface area contributed by atoms with Gasteiger partial charge in [0.15, 0.2) is 0 Å². The maximum Gasteiger partial charge on any atom is 0.128 e. The Morgan fingerprint density at radius 2 is 1.71 bits per heavy atom. The van der Waals surface area contributed by atoms with Crippen LogP contribution in [0.5, 0.6) is 5.75 Å². The molecule has 3 aromatic carbocycles. The van der Waals surface area contributed by atoms with Crippen LogP contribution in [0.15, 0.2) is 72.8 Å². The molecule has 0 aliphatic heterocycles. The molecule has 0 unspecified atom stereocenters. The molecular formula is C24H21N3O. The minimum Gasteiger partial charge on any atom is -0.496 e. The molecule has 1 aromatic heterocycles. The number of hydrogen-bond donors (Lipinski definition) is 2. The molecule has 0 amide bonds. The van der Waals surface area contributed by atoms with Gasteiger partial charge in [0.25, 0.3) is 0 Å². The van der Waals surface area contributed by atoms with E-state index in [4.69, 9.17) is 15.9 Å². The summed E-state index contributed by atoms with van der Waals surface area (Å²) in [7, 11) is 1.63. The Morgan fingerprint density at radius 3 is 2.54 bits per heavy atom. The van der Waals surface area contributed by atoms with E-state index in [1.54, 1.807) is 7.11 Å². The summed E-state index contributed by atoms with van der Waals surface area (Å²) in [6, 6.07) is 23.6. The molecule has 0 radical (unpaired) electrons. The van der Waals surface area contributed by atoms with Gasteiger partial charge in [-0.1, -0.05) is 36.4 Å². The standard InChI is InChI=1S/C24H21N3O/c1-15-6-5-8-19(24(26)18-7-3-4-9-21(18)28-2)23(15)17-10-12-20-16(14-17)11-13-22(25)27-20/h3-14,26H,1-2H3,(H2,25,27). The molecule has 1 heterocycles. The van der Waals surface area contributed by atoms with Crippen molar-refractivity contribution in [2.24, 2.45) is 0 Å². The van der Waals surface area contributed by atoms with Gasteiger partial charge in [-0.3, -0.25) is 5.41 Å². The maximum atomic E-state index is 8.88. The van der Waals surface area contributed by atoms with Crippen LogP contribution in [-0.4, -0.2) is 17.8 Å². The Kier molecular flexibility index (Phi) is 4.53. The van der Waals surface area contributed by atoms with Crippen LogP contribution < -0.4 is 10.5 Å². The van der Waals surface area contributed by atoms with E-state index in [1.165, 1.54) is 0 Å². The minimum atomic E-state index is 0.437. The van der Waals surface area contributed by atoms with Crippen molar-refractivity contribution in [3.8, 4) is 16.9 Å². The Balaban J connectivity index is 1.89. The molecule has 0 spiro atoms. The van der Waals surface area contributed by atoms with Crippen LogP contribution in [0.4, 0.5) is 5.82 Å². The van der Waals surface area contributed by atoms with Crippen LogP contribution >= 0.6 is 0 Å². The summed E-state index contributed by atoms with van der Waals surface area (Å²) in [6.45, 7) is 2.07. The summed E-state index contributed by atoms with van der Waals surface area (Å²) in [4.78, 5) is 4.38. The van der Waals surface area contributed by atoms with Gasteiger partial charge in [-0.15, -0.1) is 0 Å². The lowest BCUT2D eigenvalue weighted by Crippen LogP contribution is -2.06. The maximum absolute atomic E-state index is 8.88. The molecule has 0 atom stereocenters. The number of ether oxygens (including phenoxy) is 1. The molecular weight excluding hydrogens is 346 g/mol. The first-order chi connectivity index (χ1) is 13.6. The molecule has 0 saturated heterocycles. The fraction of sp³-hybridized carbons (Fsp3) is 0.0833. The molecule has 0 bridgehead atoms. The van der Waals surface area contributed by atoms with E-state index in [1.807, 2.05) is 60.7 Å². The Morgan fingerprint density at radius 1 is 0.929 bits per heavy atom. The fourth-order valence-corrected chi connectivity index (χ4v) is 3.55. The number of aryl methyl sites for hydroxylation is 1. The molecule has 4 heteroatoms. The average Bonchev–Trinajstić information content (AvgIpc) is 2.72. The number of hydrogen-bond acceptors (Lipinski definition) is 4. The number of anilines is 1. The third-order valence-corrected chi connectivity index (χ3v) is 4.92. The normalized spacial score (nSPS) is 10.8. The Bertz CT molecular complexity index is 1200. The van der Waals surface area contributed by atoms with E-state index >= 15 is 0 Å². The third-order valence-electron chi connectivity index (χ3n) is 4.92. The van der Waals surface area contributed by atoms with Gasteiger partial charge in [0.1, 0.15) is 11.6 Å². The first kappa shape index (κ1) is 17.7. The topological polar surface area (TPSA) is 72.0 Å². The molecule has 28 heavy (non-hydrogen) atoms. The second kappa shape index (κ2) is 7.16. The van der Waals surface area contributed by atoms with Crippen molar-refractivity contribution in [3.63, 3.8) is 0 Å². The third kappa shape index (κ3) is 3.09. The van der Waals surface area contributed by atoms with Gasteiger partial charge in [0.2, 0.25) is 0 Å². The Hall–Kier alpha value is -3.66. The van der Waals surface area contributed by atoms with Crippen LogP contribution in [0, 0.1) is 12.3 Å². The molecule has 4 aromatic rings. The number of aromatic nitrogens is 1. The Labute approximate surface area is 164 Å². The van der Waals surface area contributed by atoms with Gasteiger partial charge in [0.05, 0.1) is 18.3 Å². The number of nitrogen functional groups attached to an aromatic ring is 1. The van der Waals surface area contributed by atoms with Gasteiger partial charge in [-0.25, -0.2) is 4.98 Å². The van der Waals surface area contributed by atoms with Crippen molar-refractivity contribution in [1.29, 1.82) is 5.41 Å². The number of nitrogens with two attached hydrogens (primary N) is 1. The van der Waals surface area contributed by atoms with E-state index in [0.29, 0.717) is 17.3 Å². The molecule has 4 nitrogen and oxygen atoms in total. The van der Waals surface area contributed by atoms with Crippen LogP contribution in [0.1, 0.15) is 16.7 Å². The van der Waals surface area contributed by atoms with Gasteiger partial charge >= 0.3 is 0 Å². The predicted molar refractivity (Wildman–Crippen MR) is 115 cm³/mol. The highest BCUT2D eigenvalue weighted by molar-refractivity contribution is 6.16. The second-order valence-corrected chi connectivity index (χ2v) is 6.72. The molecule has 4 rings (SSSR count). The summed E-state index contributed by atoms with van der Waals surface area (Å²) in [6.07, 6.45) is 0. The number of para-hydroxylation sites is 1. The highest BCUT2D eigenvalue weighted by Crippen LogP contribution is 2.33. The van der Waals surface area contributed by atoms with Crippen molar-refractivity contribution in [1.82, 2.24) is 4.98 Å². The minimum absolute atomic E-state index is 0.437. The zero-order valence-corrected chi connectivity index (χ0v) is 15.9. The summed E-state index contributed by atoms with van der Waals surface area (Å²) in [5, 5.41) is 9.90. The molecule has 3 N–H and O–H groups in total. The van der Waals surface area contributed by atoms with Crippen LogP contribution in [0.25, 0.3) is 22.0 Å². The van der Waals surface area contributed by atoms with Crippen LogP contribution in [0.2, 0.25) is 0 Å². The van der Waals surface area contributed by atoms with E-state index in [-0.39, 0.29) is 0 Å². The number of pyridine rings is 1. The lowest BCUT2D eigenvalue weighted by molar-refractivity contribution is 0.414. The lowest BCUT2D eigenvalue weighted by atomic mass is 9.89. The van der Waals surface area contributed by atoms with Gasteiger partial charge in [-0.05, 0) is 60.0 Å². The second-order valence-electron chi connectivity index (χ2n) is 6.72. The summed E-state index contributed by atoms with van der Waals surface area (Å²) >= 11 is 0. The zero-order valence-electron chi connectivity index (χ0n) is 15.9. The van der Waals surface area contributed by atoms with E-state index in [9.17, 15) is 0 Å². The monoisotopic (exact) mass is 367 g/mol. The number of rotatable bonds is 4. The van der Waals surface area contributed by atoms with Gasteiger partial charge < -0.3 is 10.5 Å². The summed E-state index contributed by atoms with van der Waals surface area (Å²) in [5.74, 6) is 1.20. The van der Waals surface area contributed by atoms with Crippen molar-refractivity contribution < 1.29 is 4.74 Å². The molecule has 0 aliphatic carbocycles. The zero-order chi connectivity index (χ0) is 19.7. The van der Waals surface area contributed by atoms with Gasteiger partial charge in [0, 0.05) is 16.5 Å². The number of nitrogens with zero attached hydrogens (tertiary/aromatic N) is 1. The van der Waals surface area contributed by atoms with Gasteiger partial charge in [-0.2, -0.15) is 0 Å². The average molecular weight is 367 g/mol. The fourth-order valence-electron chi connectivity index (χ4n) is 3.55. The van der Waals surface area contributed by atoms with Crippen molar-refractivity contribution in [3.05, 3.63) is 89.5 Å². The molecule has 0 aliphatic rings. The summed E-state index contributed by atoms with van der Waals surface area (Å²) < 4.78 is 5.47. The largest absolute Gasteiger partial charge is 0.496 e. The number of benzene rings is 3. The highest BCUT2D eigenvalue weighted by atomic mass is 16.5. The van der Waals surface area contributed by atoms with Crippen molar-refractivity contribution in [2.75, 3.05) is 12.8 Å². The molecule has 0 saturated carbocycles. The molecule has 0 fully saturated rings. The van der Waals surface area contributed by atoms with E-state index in [2.05, 4.69) is 24.0 Å². The van der Waals surface area contributed by atoms with Crippen molar-refractivity contribution >= 4 is 22.4 Å².